The Hall–Kier alpha value is -1.67. The van der Waals surface area contributed by atoms with Gasteiger partial charge in [0.2, 0.25) is 0 Å². The summed E-state index contributed by atoms with van der Waals surface area (Å²) in [6.07, 6.45) is 9.56. The first-order valence-corrected chi connectivity index (χ1v) is 10.8. The van der Waals surface area contributed by atoms with E-state index in [-0.39, 0.29) is 13.0 Å². The zero-order valence-corrected chi connectivity index (χ0v) is 17.6. The fourth-order valence-electron chi connectivity index (χ4n) is 2.77. The molecule has 0 aliphatic rings. The second-order valence-corrected chi connectivity index (χ2v) is 7.37. The minimum Gasteiger partial charge on any atom is -0.481 e. The Labute approximate surface area is 173 Å². The van der Waals surface area contributed by atoms with Gasteiger partial charge in [0.05, 0.1) is 6.42 Å². The molecule has 2 atom stereocenters. The van der Waals surface area contributed by atoms with Crippen LogP contribution in [0.15, 0.2) is 0 Å². The molecular formula is C21H38O8. The summed E-state index contributed by atoms with van der Waals surface area (Å²) in [5.41, 5.74) is 0. The van der Waals surface area contributed by atoms with E-state index in [0.717, 1.165) is 19.3 Å². The lowest BCUT2D eigenvalue weighted by Gasteiger charge is -2.13. The van der Waals surface area contributed by atoms with E-state index in [4.69, 9.17) is 9.84 Å². The monoisotopic (exact) mass is 418 g/mol. The second kappa shape index (κ2) is 18.4. The lowest BCUT2D eigenvalue weighted by Crippen LogP contribution is -2.31. The molecule has 0 aromatic carbocycles. The maximum Gasteiger partial charge on any atom is 0.335 e. The average Bonchev–Trinajstić information content (AvgIpc) is 2.68. The third-order valence-electron chi connectivity index (χ3n) is 4.48. The number of rotatable bonds is 19. The molecule has 0 aliphatic heterocycles. The van der Waals surface area contributed by atoms with E-state index in [1.165, 1.54) is 51.4 Å². The third kappa shape index (κ3) is 18.1. The number of carbonyl (C=O) groups excluding carboxylic acids is 2. The summed E-state index contributed by atoms with van der Waals surface area (Å²) < 4.78 is 9.49. The lowest BCUT2D eigenvalue weighted by atomic mass is 10.1. The Morgan fingerprint density at radius 2 is 1.24 bits per heavy atom. The molecule has 0 aromatic heterocycles. The van der Waals surface area contributed by atoms with Crippen molar-refractivity contribution in [2.45, 2.75) is 103 Å². The molecule has 0 saturated carbocycles. The number of aliphatic hydroxyl groups is 2. The van der Waals surface area contributed by atoms with Crippen LogP contribution in [0.3, 0.4) is 0 Å². The van der Waals surface area contributed by atoms with Crippen molar-refractivity contribution in [3.63, 3.8) is 0 Å². The van der Waals surface area contributed by atoms with E-state index in [2.05, 4.69) is 11.7 Å². The van der Waals surface area contributed by atoms with Crippen LogP contribution in [-0.2, 0) is 23.9 Å². The number of hydrogen-bond acceptors (Lipinski definition) is 7. The van der Waals surface area contributed by atoms with Crippen LogP contribution in [-0.4, -0.2) is 58.6 Å². The second-order valence-electron chi connectivity index (χ2n) is 7.37. The number of ether oxygens (including phenoxy) is 2. The molecule has 0 aliphatic carbocycles. The van der Waals surface area contributed by atoms with Gasteiger partial charge in [0.25, 0.3) is 0 Å². The standard InChI is InChI=1S/C21H38O8/c1-2-3-4-5-6-7-8-9-10-11-12-13-20(26)28-15-17(22)16-29-21(27)18(23)14-19(24)25/h17-18,22-23H,2-16H2,1H3,(H,24,25)/t17?,18-/m1/s1. The van der Waals surface area contributed by atoms with Crippen molar-refractivity contribution in [2.75, 3.05) is 13.2 Å². The topological polar surface area (TPSA) is 130 Å². The predicted molar refractivity (Wildman–Crippen MR) is 107 cm³/mol. The largest absolute Gasteiger partial charge is 0.481 e. The molecule has 8 nitrogen and oxygen atoms in total. The minimum atomic E-state index is -1.79. The van der Waals surface area contributed by atoms with Gasteiger partial charge in [-0.25, -0.2) is 4.79 Å². The summed E-state index contributed by atoms with van der Waals surface area (Å²) in [7, 11) is 0. The Bertz CT molecular complexity index is 452. The highest BCUT2D eigenvalue weighted by Crippen LogP contribution is 2.12. The molecule has 0 radical (unpaired) electrons. The maximum absolute atomic E-state index is 11.6. The van der Waals surface area contributed by atoms with E-state index in [1.807, 2.05) is 0 Å². The molecule has 0 fully saturated rings. The van der Waals surface area contributed by atoms with E-state index in [1.54, 1.807) is 0 Å². The number of aliphatic carboxylic acids is 1. The first kappa shape index (κ1) is 27.3. The Morgan fingerprint density at radius 1 is 0.759 bits per heavy atom. The van der Waals surface area contributed by atoms with Gasteiger partial charge in [-0.2, -0.15) is 0 Å². The quantitative estimate of drug-likeness (QED) is 0.216. The molecule has 0 heterocycles. The number of unbranched alkanes of at least 4 members (excludes halogenated alkanes) is 10. The van der Waals surface area contributed by atoms with Gasteiger partial charge in [-0.05, 0) is 6.42 Å². The summed E-state index contributed by atoms with van der Waals surface area (Å²) in [6, 6.07) is 0. The van der Waals surface area contributed by atoms with Crippen LogP contribution < -0.4 is 0 Å². The van der Waals surface area contributed by atoms with Crippen LogP contribution in [0.1, 0.15) is 90.4 Å². The number of carbonyl (C=O) groups is 3. The van der Waals surface area contributed by atoms with Gasteiger partial charge in [0.1, 0.15) is 19.3 Å². The van der Waals surface area contributed by atoms with Gasteiger partial charge < -0.3 is 24.8 Å². The van der Waals surface area contributed by atoms with Gasteiger partial charge in [0, 0.05) is 6.42 Å². The van der Waals surface area contributed by atoms with Gasteiger partial charge in [-0.3, -0.25) is 9.59 Å². The van der Waals surface area contributed by atoms with Gasteiger partial charge in [0.15, 0.2) is 6.10 Å². The zero-order chi connectivity index (χ0) is 21.9. The van der Waals surface area contributed by atoms with E-state index in [9.17, 15) is 24.6 Å². The molecule has 0 rings (SSSR count). The molecule has 170 valence electrons. The summed E-state index contributed by atoms with van der Waals surface area (Å²) in [5, 5.41) is 27.3. The highest BCUT2D eigenvalue weighted by Gasteiger charge is 2.21. The summed E-state index contributed by atoms with van der Waals surface area (Å²) in [4.78, 5) is 33.3. The molecule has 0 bridgehead atoms. The number of esters is 2. The predicted octanol–water partition coefficient (Wildman–Crippen LogP) is 2.97. The highest BCUT2D eigenvalue weighted by molar-refractivity contribution is 5.80. The van der Waals surface area contributed by atoms with Gasteiger partial charge in [-0.1, -0.05) is 71.1 Å². The van der Waals surface area contributed by atoms with Crippen LogP contribution in [0.4, 0.5) is 0 Å². The summed E-state index contributed by atoms with van der Waals surface area (Å²) in [6.45, 7) is 1.41. The molecule has 0 amide bonds. The van der Waals surface area contributed by atoms with Crippen LogP contribution in [0.25, 0.3) is 0 Å². The number of carboxylic acids is 1. The number of aliphatic hydroxyl groups excluding tert-OH is 2. The summed E-state index contributed by atoms with van der Waals surface area (Å²) in [5.74, 6) is -2.90. The number of carboxylic acid groups (broad SMARTS) is 1. The highest BCUT2D eigenvalue weighted by atomic mass is 16.6. The normalized spacial score (nSPS) is 12.9. The number of hydrogen-bond donors (Lipinski definition) is 3. The third-order valence-corrected chi connectivity index (χ3v) is 4.48. The van der Waals surface area contributed by atoms with Crippen molar-refractivity contribution in [1.82, 2.24) is 0 Å². The van der Waals surface area contributed by atoms with E-state index >= 15 is 0 Å². The van der Waals surface area contributed by atoms with Gasteiger partial charge in [-0.15, -0.1) is 0 Å². The SMILES string of the molecule is CCCCCCCCCCCCCC(=O)OCC(O)COC(=O)[C@H](O)CC(=O)O. The fourth-order valence-corrected chi connectivity index (χ4v) is 2.77. The molecule has 29 heavy (non-hydrogen) atoms. The van der Waals surface area contributed by atoms with Crippen LogP contribution >= 0.6 is 0 Å². The molecule has 1 unspecified atom stereocenters. The molecule has 0 aromatic rings. The fraction of sp³-hybridized carbons (Fsp3) is 0.857. The van der Waals surface area contributed by atoms with Crippen molar-refractivity contribution in [1.29, 1.82) is 0 Å². The van der Waals surface area contributed by atoms with Gasteiger partial charge >= 0.3 is 17.9 Å². The van der Waals surface area contributed by atoms with Crippen molar-refractivity contribution in [2.24, 2.45) is 0 Å². The smallest absolute Gasteiger partial charge is 0.335 e. The average molecular weight is 419 g/mol. The first-order chi connectivity index (χ1) is 13.9. The van der Waals surface area contributed by atoms with Crippen molar-refractivity contribution < 1.29 is 39.2 Å². The van der Waals surface area contributed by atoms with Crippen LogP contribution in [0.5, 0.6) is 0 Å². The maximum atomic E-state index is 11.6. The van der Waals surface area contributed by atoms with E-state index < -0.39 is 43.1 Å². The van der Waals surface area contributed by atoms with Crippen LogP contribution in [0.2, 0.25) is 0 Å². The minimum absolute atomic E-state index is 0.279. The van der Waals surface area contributed by atoms with E-state index in [0.29, 0.717) is 0 Å². The van der Waals surface area contributed by atoms with Crippen molar-refractivity contribution in [3.05, 3.63) is 0 Å². The molecular weight excluding hydrogens is 380 g/mol. The Balaban J connectivity index is 3.54. The zero-order valence-electron chi connectivity index (χ0n) is 17.6. The lowest BCUT2D eigenvalue weighted by molar-refractivity contribution is -0.162. The molecule has 3 N–H and O–H groups in total. The Morgan fingerprint density at radius 3 is 1.76 bits per heavy atom. The Kier molecular flexibility index (Phi) is 17.3. The first-order valence-electron chi connectivity index (χ1n) is 10.8. The summed E-state index contributed by atoms with van der Waals surface area (Å²) >= 11 is 0. The van der Waals surface area contributed by atoms with Crippen LogP contribution in [0, 0.1) is 0 Å². The molecule has 0 spiro atoms. The molecule has 8 heteroatoms. The molecule has 0 saturated heterocycles. The van der Waals surface area contributed by atoms with Crippen molar-refractivity contribution in [3.8, 4) is 0 Å². The van der Waals surface area contributed by atoms with Crippen molar-refractivity contribution >= 4 is 17.9 Å².